The molecule has 0 spiro atoms. The minimum absolute atomic E-state index is 0.0319. The van der Waals surface area contributed by atoms with Gasteiger partial charge in [0.15, 0.2) is 0 Å². The zero-order valence-electron chi connectivity index (χ0n) is 10.5. The summed E-state index contributed by atoms with van der Waals surface area (Å²) in [5.74, 6) is 0.209. The number of piperidine rings is 1. The van der Waals surface area contributed by atoms with Crippen LogP contribution >= 0.6 is 23.2 Å². The summed E-state index contributed by atoms with van der Waals surface area (Å²) < 4.78 is 0. The normalized spacial score (nSPS) is 27.7. The summed E-state index contributed by atoms with van der Waals surface area (Å²) in [6, 6.07) is 5.79. The van der Waals surface area contributed by atoms with Crippen molar-refractivity contribution in [1.29, 1.82) is 0 Å². The highest BCUT2D eigenvalue weighted by atomic mass is 35.5. The van der Waals surface area contributed by atoms with Crippen molar-refractivity contribution in [2.75, 3.05) is 0 Å². The van der Waals surface area contributed by atoms with E-state index >= 15 is 0 Å². The Kier molecular flexibility index (Phi) is 3.46. The second-order valence-corrected chi connectivity index (χ2v) is 6.17. The van der Waals surface area contributed by atoms with E-state index in [9.17, 15) is 4.79 Å². The summed E-state index contributed by atoms with van der Waals surface area (Å²) in [5, 5.41) is 1.04. The van der Waals surface area contributed by atoms with Crippen LogP contribution in [0.15, 0.2) is 18.2 Å². The van der Waals surface area contributed by atoms with Gasteiger partial charge in [-0.1, -0.05) is 29.3 Å². The fraction of sp³-hybridized carbons (Fsp3) is 0.500. The summed E-state index contributed by atoms with van der Waals surface area (Å²) in [5.41, 5.74) is 7.24. The molecular weight excluding hydrogens is 283 g/mol. The van der Waals surface area contributed by atoms with E-state index in [4.69, 9.17) is 28.9 Å². The van der Waals surface area contributed by atoms with Gasteiger partial charge in [0.05, 0.1) is 16.1 Å². The van der Waals surface area contributed by atoms with Crippen LogP contribution in [-0.2, 0) is 4.79 Å². The molecule has 1 aliphatic heterocycles. The fourth-order valence-corrected chi connectivity index (χ4v) is 3.13. The van der Waals surface area contributed by atoms with Crippen molar-refractivity contribution in [1.82, 2.24) is 4.90 Å². The number of amides is 1. The summed E-state index contributed by atoms with van der Waals surface area (Å²) in [6.45, 7) is 0. The van der Waals surface area contributed by atoms with Crippen molar-refractivity contribution in [3.8, 4) is 0 Å². The molecule has 1 amide bonds. The van der Waals surface area contributed by atoms with E-state index in [1.165, 1.54) is 0 Å². The van der Waals surface area contributed by atoms with Crippen molar-refractivity contribution in [3.63, 3.8) is 0 Å². The molecule has 0 aromatic heterocycles. The summed E-state index contributed by atoms with van der Waals surface area (Å²) >= 11 is 12.0. The summed E-state index contributed by atoms with van der Waals surface area (Å²) in [7, 11) is 0. The number of nitrogens with two attached hydrogens (primary N) is 1. The Morgan fingerprint density at radius 3 is 2.53 bits per heavy atom. The van der Waals surface area contributed by atoms with Gasteiger partial charge in [0, 0.05) is 18.5 Å². The quantitative estimate of drug-likeness (QED) is 0.912. The van der Waals surface area contributed by atoms with Crippen LogP contribution in [0.5, 0.6) is 0 Å². The molecule has 2 aliphatic rings. The highest BCUT2D eigenvalue weighted by Gasteiger charge is 2.43. The number of halogens is 2. The first-order valence-corrected chi connectivity index (χ1v) is 7.35. The predicted molar refractivity (Wildman–Crippen MR) is 76.3 cm³/mol. The minimum atomic E-state index is -0.0662. The molecule has 1 aliphatic carbocycles. The Labute approximate surface area is 122 Å². The van der Waals surface area contributed by atoms with E-state index in [0.717, 1.165) is 24.8 Å². The van der Waals surface area contributed by atoms with E-state index in [0.29, 0.717) is 22.5 Å². The van der Waals surface area contributed by atoms with Crippen LogP contribution in [0.2, 0.25) is 10.0 Å². The Morgan fingerprint density at radius 1 is 1.16 bits per heavy atom. The molecule has 2 fully saturated rings. The fourth-order valence-electron chi connectivity index (χ4n) is 2.83. The molecule has 19 heavy (non-hydrogen) atoms. The van der Waals surface area contributed by atoms with Crippen molar-refractivity contribution >= 4 is 29.1 Å². The van der Waals surface area contributed by atoms with Crippen molar-refractivity contribution < 1.29 is 4.79 Å². The topological polar surface area (TPSA) is 46.3 Å². The second kappa shape index (κ2) is 4.97. The standard InChI is InChI=1S/C14H16Cl2N2O/c15-10-4-1-8(7-11(10)16)14-12(17)5-6-13(19)18(14)9-2-3-9/h1,4,7,9,12,14H,2-3,5-6,17H2. The summed E-state index contributed by atoms with van der Waals surface area (Å²) in [4.78, 5) is 14.1. The average Bonchev–Trinajstić information content (AvgIpc) is 3.19. The number of carbonyl (C=O) groups excluding carboxylic acids is 1. The van der Waals surface area contributed by atoms with Crippen LogP contribution in [-0.4, -0.2) is 22.9 Å². The third kappa shape index (κ3) is 2.47. The van der Waals surface area contributed by atoms with Crippen molar-refractivity contribution in [3.05, 3.63) is 33.8 Å². The highest BCUT2D eigenvalue weighted by molar-refractivity contribution is 6.42. The van der Waals surface area contributed by atoms with E-state index < -0.39 is 0 Å². The highest BCUT2D eigenvalue weighted by Crippen LogP contribution is 2.41. The molecule has 1 aromatic rings. The van der Waals surface area contributed by atoms with Crippen molar-refractivity contribution in [2.45, 2.75) is 43.8 Å². The van der Waals surface area contributed by atoms with Gasteiger partial charge in [0.1, 0.15) is 0 Å². The molecule has 2 atom stereocenters. The lowest BCUT2D eigenvalue weighted by atomic mass is 9.90. The van der Waals surface area contributed by atoms with Gasteiger partial charge in [-0.25, -0.2) is 0 Å². The van der Waals surface area contributed by atoms with E-state index in [1.807, 2.05) is 17.0 Å². The average molecular weight is 299 g/mol. The maximum atomic E-state index is 12.2. The maximum Gasteiger partial charge on any atom is 0.223 e. The second-order valence-electron chi connectivity index (χ2n) is 5.35. The first-order valence-electron chi connectivity index (χ1n) is 6.59. The van der Waals surface area contributed by atoms with Gasteiger partial charge in [0.2, 0.25) is 5.91 Å². The molecule has 1 heterocycles. The number of hydrogen-bond donors (Lipinski definition) is 1. The lowest BCUT2D eigenvalue weighted by Gasteiger charge is -2.40. The monoisotopic (exact) mass is 298 g/mol. The zero-order chi connectivity index (χ0) is 13.6. The summed E-state index contributed by atoms with van der Waals surface area (Å²) in [6.07, 6.45) is 3.44. The molecule has 0 radical (unpaired) electrons. The van der Waals surface area contributed by atoms with Crippen LogP contribution in [0, 0.1) is 0 Å². The Balaban J connectivity index is 1.97. The lowest BCUT2D eigenvalue weighted by molar-refractivity contribution is -0.138. The zero-order valence-corrected chi connectivity index (χ0v) is 12.0. The molecule has 102 valence electrons. The third-order valence-electron chi connectivity index (χ3n) is 3.91. The molecule has 3 rings (SSSR count). The molecule has 2 unspecified atom stereocenters. The first kappa shape index (κ1) is 13.2. The van der Waals surface area contributed by atoms with Crippen LogP contribution < -0.4 is 5.73 Å². The van der Waals surface area contributed by atoms with Crippen molar-refractivity contribution in [2.24, 2.45) is 5.73 Å². The number of nitrogens with zero attached hydrogens (tertiary/aromatic N) is 1. The molecule has 1 saturated heterocycles. The Bertz CT molecular complexity index is 516. The molecule has 0 bridgehead atoms. The Hall–Kier alpha value is -0.770. The number of carbonyl (C=O) groups is 1. The molecule has 1 saturated carbocycles. The van der Waals surface area contributed by atoms with Crippen LogP contribution in [0.3, 0.4) is 0 Å². The minimum Gasteiger partial charge on any atom is -0.331 e. The SMILES string of the molecule is NC1CCC(=O)N(C2CC2)C1c1ccc(Cl)c(Cl)c1. The largest absolute Gasteiger partial charge is 0.331 e. The van der Waals surface area contributed by atoms with Crippen LogP contribution in [0.4, 0.5) is 0 Å². The van der Waals surface area contributed by atoms with E-state index in [2.05, 4.69) is 0 Å². The van der Waals surface area contributed by atoms with Gasteiger partial charge < -0.3 is 10.6 Å². The molecule has 3 nitrogen and oxygen atoms in total. The van der Waals surface area contributed by atoms with Crippen LogP contribution in [0.1, 0.15) is 37.3 Å². The Morgan fingerprint density at radius 2 is 1.89 bits per heavy atom. The number of likely N-dealkylation sites (tertiary alicyclic amines) is 1. The molecule has 1 aromatic carbocycles. The smallest absolute Gasteiger partial charge is 0.223 e. The van der Waals surface area contributed by atoms with Gasteiger partial charge >= 0.3 is 0 Å². The molecular formula is C14H16Cl2N2O. The van der Waals surface area contributed by atoms with Gasteiger partial charge in [-0.2, -0.15) is 0 Å². The van der Waals surface area contributed by atoms with E-state index in [1.54, 1.807) is 6.07 Å². The number of hydrogen-bond acceptors (Lipinski definition) is 2. The van der Waals surface area contributed by atoms with Crippen LogP contribution in [0.25, 0.3) is 0 Å². The number of rotatable bonds is 2. The van der Waals surface area contributed by atoms with Gasteiger partial charge in [-0.15, -0.1) is 0 Å². The lowest BCUT2D eigenvalue weighted by Crippen LogP contribution is -2.49. The maximum absolute atomic E-state index is 12.2. The number of benzene rings is 1. The van der Waals surface area contributed by atoms with Gasteiger partial charge in [0.25, 0.3) is 0 Å². The van der Waals surface area contributed by atoms with Gasteiger partial charge in [-0.3, -0.25) is 4.79 Å². The third-order valence-corrected chi connectivity index (χ3v) is 4.65. The molecule has 5 heteroatoms. The predicted octanol–water partition coefficient (Wildman–Crippen LogP) is 3.15. The first-order chi connectivity index (χ1) is 9.08. The molecule has 2 N–H and O–H groups in total. The van der Waals surface area contributed by atoms with Gasteiger partial charge in [-0.05, 0) is 37.0 Å². The van der Waals surface area contributed by atoms with E-state index in [-0.39, 0.29) is 18.0 Å².